The number of hydrogen-bond donors (Lipinski definition) is 1. The number of thiazole rings is 1. The minimum Gasteiger partial charge on any atom is -0.466 e. The Hall–Kier alpha value is -3.20. The summed E-state index contributed by atoms with van der Waals surface area (Å²) in [6.07, 6.45) is -2.63. The van der Waals surface area contributed by atoms with Crippen LogP contribution in [0.15, 0.2) is 59.0 Å². The summed E-state index contributed by atoms with van der Waals surface area (Å²) in [6.45, 7) is 2.08. The molecule has 0 saturated heterocycles. The first-order chi connectivity index (χ1) is 14.3. The van der Waals surface area contributed by atoms with Gasteiger partial charge in [0.15, 0.2) is 0 Å². The van der Waals surface area contributed by atoms with Gasteiger partial charge in [-0.2, -0.15) is 18.3 Å². The van der Waals surface area contributed by atoms with E-state index in [1.165, 1.54) is 23.5 Å². The molecule has 5 nitrogen and oxygen atoms in total. The van der Waals surface area contributed by atoms with Crippen LogP contribution in [0.5, 0.6) is 0 Å². The van der Waals surface area contributed by atoms with Crippen molar-refractivity contribution in [3.8, 4) is 11.1 Å². The van der Waals surface area contributed by atoms with Crippen LogP contribution in [0.2, 0.25) is 0 Å². The maximum Gasteiger partial charge on any atom is 0.416 e. The summed E-state index contributed by atoms with van der Waals surface area (Å²) < 4.78 is 42.9. The number of carbonyl (C=O) groups is 1. The lowest BCUT2D eigenvalue weighted by molar-refractivity contribution is -0.142. The highest BCUT2D eigenvalue weighted by atomic mass is 32.1. The third-order valence-corrected chi connectivity index (χ3v) is 4.81. The van der Waals surface area contributed by atoms with Gasteiger partial charge in [-0.3, -0.25) is 10.2 Å². The fourth-order valence-electron chi connectivity index (χ4n) is 2.57. The average molecular weight is 433 g/mol. The van der Waals surface area contributed by atoms with E-state index >= 15 is 0 Å². The third kappa shape index (κ3) is 5.90. The Kier molecular flexibility index (Phi) is 6.83. The fourth-order valence-corrected chi connectivity index (χ4v) is 3.23. The van der Waals surface area contributed by atoms with Gasteiger partial charge in [-0.25, -0.2) is 4.98 Å². The number of rotatable bonds is 7. The molecule has 3 rings (SSSR count). The van der Waals surface area contributed by atoms with E-state index in [9.17, 15) is 18.0 Å². The van der Waals surface area contributed by atoms with Crippen LogP contribution in [-0.2, 0) is 22.1 Å². The second-order valence-electron chi connectivity index (χ2n) is 6.19. The Bertz CT molecular complexity index is 1010. The highest BCUT2D eigenvalue weighted by molar-refractivity contribution is 7.13. The van der Waals surface area contributed by atoms with Crippen molar-refractivity contribution in [3.05, 3.63) is 70.7 Å². The van der Waals surface area contributed by atoms with Crippen LogP contribution >= 0.6 is 11.3 Å². The van der Waals surface area contributed by atoms with Gasteiger partial charge in [-0.1, -0.05) is 36.4 Å². The number of benzene rings is 2. The molecule has 0 aliphatic rings. The number of anilines is 1. The van der Waals surface area contributed by atoms with Gasteiger partial charge in [0, 0.05) is 5.38 Å². The Morgan fingerprint density at radius 1 is 1.13 bits per heavy atom. The molecule has 9 heteroatoms. The number of ether oxygens (including phenoxy) is 1. The molecule has 0 aliphatic carbocycles. The predicted octanol–water partition coefficient (Wildman–Crippen LogP) is 5.38. The zero-order valence-electron chi connectivity index (χ0n) is 15.9. The van der Waals surface area contributed by atoms with E-state index in [2.05, 4.69) is 15.5 Å². The van der Waals surface area contributed by atoms with E-state index in [0.29, 0.717) is 23.0 Å². The van der Waals surface area contributed by atoms with Crippen molar-refractivity contribution in [2.75, 3.05) is 12.0 Å². The monoisotopic (exact) mass is 433 g/mol. The van der Waals surface area contributed by atoms with E-state index in [4.69, 9.17) is 4.74 Å². The molecule has 0 atom stereocenters. The van der Waals surface area contributed by atoms with Crippen LogP contribution in [-0.4, -0.2) is 23.8 Å². The molecule has 1 N–H and O–H groups in total. The summed E-state index contributed by atoms with van der Waals surface area (Å²) in [5.74, 6) is -0.328. The van der Waals surface area contributed by atoms with Crippen LogP contribution < -0.4 is 5.43 Å². The number of carbonyl (C=O) groups excluding carboxylic acids is 1. The standard InChI is InChI=1S/C21H18F3N3O2S/c1-2-29-19(28)11-18-13-30-20(26-18)27-25-12-14-3-5-15(6-4-14)16-7-9-17(10-8-16)21(22,23)24/h3-10,12-13H,2,11H2,1H3,(H,26,27). The van der Waals surface area contributed by atoms with Crippen molar-refractivity contribution in [2.45, 2.75) is 19.5 Å². The fraction of sp³-hybridized carbons (Fsp3) is 0.190. The lowest BCUT2D eigenvalue weighted by Gasteiger charge is -2.08. The van der Waals surface area contributed by atoms with Crippen molar-refractivity contribution in [1.29, 1.82) is 0 Å². The molecule has 0 aliphatic heterocycles. The second-order valence-corrected chi connectivity index (χ2v) is 7.05. The third-order valence-electron chi connectivity index (χ3n) is 4.01. The molecule has 1 aromatic heterocycles. The van der Waals surface area contributed by atoms with Gasteiger partial charge >= 0.3 is 12.1 Å². The van der Waals surface area contributed by atoms with Gasteiger partial charge in [0.2, 0.25) is 5.13 Å². The zero-order valence-corrected chi connectivity index (χ0v) is 16.8. The van der Waals surface area contributed by atoms with Gasteiger partial charge in [0.1, 0.15) is 0 Å². The maximum atomic E-state index is 12.7. The van der Waals surface area contributed by atoms with Crippen molar-refractivity contribution in [3.63, 3.8) is 0 Å². The van der Waals surface area contributed by atoms with Crippen LogP contribution in [0, 0.1) is 0 Å². The number of halogens is 3. The van der Waals surface area contributed by atoms with E-state index < -0.39 is 11.7 Å². The Morgan fingerprint density at radius 3 is 2.37 bits per heavy atom. The lowest BCUT2D eigenvalue weighted by Crippen LogP contribution is -2.07. The molecule has 2 aromatic carbocycles. The summed E-state index contributed by atoms with van der Waals surface area (Å²) in [5.41, 5.74) is 5.05. The highest BCUT2D eigenvalue weighted by Crippen LogP contribution is 2.31. The number of nitrogens with zero attached hydrogens (tertiary/aromatic N) is 2. The zero-order chi connectivity index (χ0) is 21.6. The van der Waals surface area contributed by atoms with Gasteiger partial charge in [-0.15, -0.1) is 11.3 Å². The summed E-state index contributed by atoms with van der Waals surface area (Å²) in [6, 6.07) is 12.3. The molecule has 30 heavy (non-hydrogen) atoms. The first-order valence-electron chi connectivity index (χ1n) is 9.02. The first kappa shape index (κ1) is 21.5. The predicted molar refractivity (Wildman–Crippen MR) is 111 cm³/mol. The molecular formula is C21H18F3N3O2S. The van der Waals surface area contributed by atoms with E-state index in [1.54, 1.807) is 18.5 Å². The van der Waals surface area contributed by atoms with Crippen molar-refractivity contribution >= 4 is 28.7 Å². The normalized spacial score (nSPS) is 11.6. The number of hydrogen-bond acceptors (Lipinski definition) is 6. The largest absolute Gasteiger partial charge is 0.466 e. The van der Waals surface area contributed by atoms with Crippen molar-refractivity contribution in [1.82, 2.24) is 4.98 Å². The minimum atomic E-state index is -4.34. The molecule has 0 spiro atoms. The molecule has 156 valence electrons. The van der Waals surface area contributed by atoms with Crippen LogP contribution in [0.4, 0.5) is 18.3 Å². The second kappa shape index (κ2) is 9.53. The number of esters is 1. The molecule has 3 aromatic rings. The molecule has 1 heterocycles. The van der Waals surface area contributed by atoms with Gasteiger partial charge < -0.3 is 4.74 Å². The summed E-state index contributed by atoms with van der Waals surface area (Å²) in [5, 5.41) is 6.42. The molecule has 0 bridgehead atoms. The van der Waals surface area contributed by atoms with Crippen LogP contribution in [0.1, 0.15) is 23.7 Å². The Labute approximate surface area is 175 Å². The van der Waals surface area contributed by atoms with E-state index in [0.717, 1.165) is 23.3 Å². The number of alkyl halides is 3. The smallest absolute Gasteiger partial charge is 0.416 e. The number of hydrazone groups is 1. The molecule has 0 radical (unpaired) electrons. The minimum absolute atomic E-state index is 0.112. The molecule has 0 unspecified atom stereocenters. The average Bonchev–Trinajstić information content (AvgIpc) is 3.15. The summed E-state index contributed by atoms with van der Waals surface area (Å²) in [7, 11) is 0. The maximum absolute atomic E-state index is 12.7. The SMILES string of the molecule is CCOC(=O)Cc1csc(NN=Cc2ccc(-c3ccc(C(F)(F)F)cc3)cc2)n1. The van der Waals surface area contributed by atoms with Crippen LogP contribution in [0.25, 0.3) is 11.1 Å². The molecular weight excluding hydrogens is 415 g/mol. The summed E-state index contributed by atoms with van der Waals surface area (Å²) >= 11 is 1.32. The molecule has 0 saturated carbocycles. The number of nitrogens with one attached hydrogen (secondary N) is 1. The summed E-state index contributed by atoms with van der Waals surface area (Å²) in [4.78, 5) is 15.7. The topological polar surface area (TPSA) is 63.6 Å². The van der Waals surface area contributed by atoms with Crippen molar-refractivity contribution < 1.29 is 22.7 Å². The van der Waals surface area contributed by atoms with Gasteiger partial charge in [0.05, 0.1) is 30.5 Å². The number of aromatic nitrogens is 1. The van der Waals surface area contributed by atoms with Gasteiger partial charge in [0.25, 0.3) is 0 Å². The highest BCUT2D eigenvalue weighted by Gasteiger charge is 2.29. The van der Waals surface area contributed by atoms with Gasteiger partial charge in [-0.05, 0) is 35.7 Å². The molecule has 0 amide bonds. The van der Waals surface area contributed by atoms with E-state index in [-0.39, 0.29) is 12.4 Å². The van der Waals surface area contributed by atoms with Crippen LogP contribution in [0.3, 0.4) is 0 Å². The quantitative estimate of drug-likeness (QED) is 0.309. The molecule has 0 fully saturated rings. The first-order valence-corrected chi connectivity index (χ1v) is 9.90. The Morgan fingerprint density at radius 2 is 1.77 bits per heavy atom. The Balaban J connectivity index is 1.57. The van der Waals surface area contributed by atoms with E-state index in [1.807, 2.05) is 24.3 Å². The lowest BCUT2D eigenvalue weighted by atomic mass is 10.0. The van der Waals surface area contributed by atoms with Crippen molar-refractivity contribution in [2.24, 2.45) is 5.10 Å².